The van der Waals surface area contributed by atoms with Gasteiger partial charge in [0, 0.05) is 13.0 Å². The molecule has 248 valence electrons. The zero-order chi connectivity index (χ0) is 33.5. The van der Waals surface area contributed by atoms with Gasteiger partial charge in [0.2, 0.25) is 11.8 Å². The van der Waals surface area contributed by atoms with Gasteiger partial charge in [-0.3, -0.25) is 9.59 Å². The van der Waals surface area contributed by atoms with Crippen LogP contribution in [0.3, 0.4) is 0 Å². The fraction of sp³-hybridized carbons (Fsp3) is 0.351. The zero-order valence-electron chi connectivity index (χ0n) is 26.9. The monoisotopic (exact) mass is 641 g/mol. The molecule has 1 heterocycles. The summed E-state index contributed by atoms with van der Waals surface area (Å²) in [5.41, 5.74) is 2.05. The van der Waals surface area contributed by atoms with E-state index in [-0.39, 0.29) is 44.3 Å². The molecule has 10 nitrogen and oxygen atoms in total. The summed E-state index contributed by atoms with van der Waals surface area (Å²) < 4.78 is 16.6. The van der Waals surface area contributed by atoms with Crippen molar-refractivity contribution in [3.05, 3.63) is 114 Å². The van der Waals surface area contributed by atoms with Crippen LogP contribution < -0.4 is 20.7 Å². The van der Waals surface area contributed by atoms with Gasteiger partial charge in [0.25, 0.3) is 0 Å². The quantitative estimate of drug-likeness (QED) is 0.198. The van der Waals surface area contributed by atoms with Crippen LogP contribution in [0.25, 0.3) is 0 Å². The van der Waals surface area contributed by atoms with Crippen LogP contribution in [0.5, 0.6) is 5.75 Å². The number of rotatable bonds is 11. The number of alkyl carbamates (subject to hydrolysis) is 1. The number of cyclic esters (lactones) is 1. The number of nitrogens with one attached hydrogen (secondary N) is 3. The number of hydrogen-bond donors (Lipinski definition) is 3. The Morgan fingerprint density at radius 3 is 2.17 bits per heavy atom. The number of ether oxygens (including phenoxy) is 3. The molecule has 4 rings (SSSR count). The summed E-state index contributed by atoms with van der Waals surface area (Å²) in [6.07, 6.45) is 3.72. The molecule has 3 amide bonds. The van der Waals surface area contributed by atoms with E-state index in [1.807, 2.05) is 84.9 Å². The molecule has 3 N–H and O–H groups in total. The van der Waals surface area contributed by atoms with E-state index in [4.69, 9.17) is 14.2 Å². The van der Waals surface area contributed by atoms with E-state index >= 15 is 0 Å². The molecule has 1 aliphatic rings. The maximum Gasteiger partial charge on any atom is 0.408 e. The third-order valence-corrected chi connectivity index (χ3v) is 7.50. The highest BCUT2D eigenvalue weighted by Crippen LogP contribution is 2.17. The van der Waals surface area contributed by atoms with E-state index in [0.717, 1.165) is 22.4 Å². The lowest BCUT2D eigenvalue weighted by molar-refractivity contribution is -0.149. The van der Waals surface area contributed by atoms with Crippen molar-refractivity contribution in [2.45, 2.75) is 64.3 Å². The standard InChI is InChI=1S/C37H43N3O7/c1-37(2)26-47-35(43)32(39-36(44)46-25-29-13-7-4-8-14-29)16-10-9-15-30(34(42)40-37)23-33(41)38-22-21-27-17-19-31(20-18-27)45-24-28-11-5-3-6-12-28/h3-14,17-20,30,32H,15-16,21-26H2,1-2H3,(H,38,41)(H,39,44)(H,40,42)/t30-,32-/m1/s1. The predicted octanol–water partition coefficient (Wildman–Crippen LogP) is 5.01. The van der Waals surface area contributed by atoms with Crippen molar-refractivity contribution in [2.75, 3.05) is 13.2 Å². The maximum absolute atomic E-state index is 13.2. The van der Waals surface area contributed by atoms with Crippen molar-refractivity contribution < 1.29 is 33.4 Å². The number of allylic oxidation sites excluding steroid dienone is 1. The summed E-state index contributed by atoms with van der Waals surface area (Å²) in [4.78, 5) is 51.3. The second-order valence-electron chi connectivity index (χ2n) is 12.1. The van der Waals surface area contributed by atoms with Crippen molar-refractivity contribution in [1.82, 2.24) is 16.0 Å². The van der Waals surface area contributed by atoms with E-state index < -0.39 is 29.6 Å². The average Bonchev–Trinajstić information content (AvgIpc) is 3.07. The Morgan fingerprint density at radius 2 is 1.49 bits per heavy atom. The van der Waals surface area contributed by atoms with E-state index in [1.54, 1.807) is 26.0 Å². The predicted molar refractivity (Wildman–Crippen MR) is 177 cm³/mol. The summed E-state index contributed by atoms with van der Waals surface area (Å²) >= 11 is 0. The summed E-state index contributed by atoms with van der Waals surface area (Å²) in [5.74, 6) is -1.05. The number of carbonyl (C=O) groups is 4. The first-order valence-corrected chi connectivity index (χ1v) is 15.8. The summed E-state index contributed by atoms with van der Waals surface area (Å²) in [7, 11) is 0. The lowest BCUT2D eigenvalue weighted by Crippen LogP contribution is -2.51. The van der Waals surface area contributed by atoms with Crippen LogP contribution >= 0.6 is 0 Å². The van der Waals surface area contributed by atoms with Gasteiger partial charge < -0.3 is 30.2 Å². The summed E-state index contributed by atoms with van der Waals surface area (Å²) in [6.45, 7) is 4.31. The Bertz CT molecular complexity index is 1490. The first kappa shape index (κ1) is 34.7. The highest BCUT2D eigenvalue weighted by Gasteiger charge is 2.30. The number of esters is 1. The fourth-order valence-corrected chi connectivity index (χ4v) is 4.86. The zero-order valence-corrected chi connectivity index (χ0v) is 26.9. The minimum atomic E-state index is -0.980. The van der Waals surface area contributed by atoms with Gasteiger partial charge in [-0.05, 0) is 61.9 Å². The average molecular weight is 642 g/mol. The van der Waals surface area contributed by atoms with E-state index in [2.05, 4.69) is 16.0 Å². The molecule has 0 radical (unpaired) electrons. The second-order valence-corrected chi connectivity index (χ2v) is 12.1. The first-order valence-electron chi connectivity index (χ1n) is 15.8. The molecule has 1 aliphatic heterocycles. The minimum Gasteiger partial charge on any atom is -0.489 e. The second kappa shape index (κ2) is 17.5. The molecule has 0 bridgehead atoms. The largest absolute Gasteiger partial charge is 0.489 e. The topological polar surface area (TPSA) is 132 Å². The number of amides is 3. The SMILES string of the molecule is CC1(C)COC(=O)[C@H](NC(=O)OCc2ccccc2)CC=CC[C@H](CC(=O)NCCc2ccc(OCc3ccccc3)cc2)C(=O)N1. The van der Waals surface area contributed by atoms with E-state index in [1.165, 1.54) is 0 Å². The number of benzene rings is 3. The molecule has 2 atom stereocenters. The number of hydrogen-bond acceptors (Lipinski definition) is 7. The molecule has 0 spiro atoms. The Hall–Kier alpha value is -5.12. The molecule has 0 aliphatic carbocycles. The molecular weight excluding hydrogens is 598 g/mol. The lowest BCUT2D eigenvalue weighted by Gasteiger charge is -2.29. The van der Waals surface area contributed by atoms with Crippen LogP contribution in [0, 0.1) is 5.92 Å². The van der Waals surface area contributed by atoms with Crippen LogP contribution in [-0.2, 0) is 43.5 Å². The lowest BCUT2D eigenvalue weighted by atomic mass is 9.96. The Morgan fingerprint density at radius 1 is 0.851 bits per heavy atom. The van der Waals surface area contributed by atoms with Crippen molar-refractivity contribution in [3.8, 4) is 5.75 Å². The van der Waals surface area contributed by atoms with Crippen molar-refractivity contribution in [3.63, 3.8) is 0 Å². The van der Waals surface area contributed by atoms with Crippen LogP contribution in [0.2, 0.25) is 0 Å². The highest BCUT2D eigenvalue weighted by molar-refractivity contribution is 5.86. The first-order chi connectivity index (χ1) is 22.7. The molecule has 10 heteroatoms. The van der Waals surface area contributed by atoms with Crippen LogP contribution in [-0.4, -0.2) is 48.6 Å². The third-order valence-electron chi connectivity index (χ3n) is 7.50. The van der Waals surface area contributed by atoms with E-state index in [0.29, 0.717) is 19.6 Å². The van der Waals surface area contributed by atoms with Crippen LogP contribution in [0.1, 0.15) is 49.8 Å². The van der Waals surface area contributed by atoms with Gasteiger partial charge in [-0.15, -0.1) is 0 Å². The maximum atomic E-state index is 13.2. The molecule has 3 aromatic carbocycles. The normalized spacial score (nSPS) is 18.0. The third kappa shape index (κ3) is 12.3. The molecule has 47 heavy (non-hydrogen) atoms. The van der Waals surface area contributed by atoms with Gasteiger partial charge in [0.15, 0.2) is 0 Å². The van der Waals surface area contributed by atoms with Gasteiger partial charge in [-0.25, -0.2) is 9.59 Å². The summed E-state index contributed by atoms with van der Waals surface area (Å²) in [5, 5.41) is 8.40. The molecule has 0 fully saturated rings. The van der Waals surface area contributed by atoms with Crippen molar-refractivity contribution in [1.29, 1.82) is 0 Å². The Kier molecular flexibility index (Phi) is 13.0. The van der Waals surface area contributed by atoms with Crippen LogP contribution in [0.4, 0.5) is 4.79 Å². The molecule has 0 saturated heterocycles. The number of carbonyl (C=O) groups excluding carboxylic acids is 4. The molecule has 0 aromatic heterocycles. The van der Waals surface area contributed by atoms with Gasteiger partial charge >= 0.3 is 12.1 Å². The minimum absolute atomic E-state index is 0.00814. The Labute approximate surface area is 275 Å². The molecular formula is C37H43N3O7. The summed E-state index contributed by atoms with van der Waals surface area (Å²) in [6, 6.07) is 25.9. The van der Waals surface area contributed by atoms with Gasteiger partial charge in [-0.1, -0.05) is 84.9 Å². The van der Waals surface area contributed by atoms with Gasteiger partial charge in [-0.2, -0.15) is 0 Å². The van der Waals surface area contributed by atoms with Crippen molar-refractivity contribution in [2.24, 2.45) is 5.92 Å². The molecule has 0 unspecified atom stereocenters. The van der Waals surface area contributed by atoms with Gasteiger partial charge in [0.1, 0.15) is 31.6 Å². The smallest absolute Gasteiger partial charge is 0.408 e. The van der Waals surface area contributed by atoms with Gasteiger partial charge in [0.05, 0.1) is 11.5 Å². The van der Waals surface area contributed by atoms with E-state index in [9.17, 15) is 19.2 Å². The fourth-order valence-electron chi connectivity index (χ4n) is 4.86. The molecule has 3 aromatic rings. The highest BCUT2D eigenvalue weighted by atomic mass is 16.6. The van der Waals surface area contributed by atoms with Crippen molar-refractivity contribution >= 4 is 23.9 Å². The van der Waals surface area contributed by atoms with Crippen LogP contribution in [0.15, 0.2) is 97.1 Å². The molecule has 0 saturated carbocycles. The Balaban J connectivity index is 1.26.